The van der Waals surface area contributed by atoms with Crippen molar-refractivity contribution < 1.29 is 56.2 Å². The minimum Gasteiger partial charge on any atom is -0.396 e. The minimum atomic E-state index is -5.06. The molecule has 1 saturated carbocycles. The van der Waals surface area contributed by atoms with E-state index in [2.05, 4.69) is 0 Å². The van der Waals surface area contributed by atoms with Gasteiger partial charge in [0.25, 0.3) is 0 Å². The zero-order valence-electron chi connectivity index (χ0n) is 26.5. The molecule has 3 aromatic rings. The van der Waals surface area contributed by atoms with Crippen LogP contribution >= 0.6 is 0 Å². The molecular formula is C35H44O12S. The molecule has 12 nitrogen and oxygen atoms in total. The summed E-state index contributed by atoms with van der Waals surface area (Å²) >= 11 is 0. The van der Waals surface area contributed by atoms with E-state index in [1.807, 2.05) is 91.0 Å². The molecule has 0 amide bonds. The van der Waals surface area contributed by atoms with Gasteiger partial charge < -0.3 is 39.0 Å². The van der Waals surface area contributed by atoms with Crippen LogP contribution in [0.25, 0.3) is 0 Å². The number of aliphatic hydroxyl groups is 3. The lowest BCUT2D eigenvalue weighted by Gasteiger charge is -2.36. The van der Waals surface area contributed by atoms with Gasteiger partial charge in [-0.3, -0.25) is 4.55 Å². The first kappa shape index (κ1) is 36.5. The molecule has 1 aliphatic carbocycles. The normalized spacial score (nSPS) is 28.6. The molecule has 2 fully saturated rings. The maximum atomic E-state index is 12.4. The summed E-state index contributed by atoms with van der Waals surface area (Å²) in [6, 6.07) is 28.3. The van der Waals surface area contributed by atoms with E-state index in [4.69, 9.17) is 27.9 Å². The Kier molecular flexibility index (Phi) is 13.5. The minimum absolute atomic E-state index is 0.0223. The molecule has 1 saturated heterocycles. The molecule has 4 N–H and O–H groups in total. The lowest BCUT2D eigenvalue weighted by atomic mass is 9.86. The van der Waals surface area contributed by atoms with Gasteiger partial charge in [0.05, 0.1) is 44.7 Å². The second-order valence-corrected chi connectivity index (χ2v) is 13.2. The number of aliphatic hydroxyl groups excluding tert-OH is 3. The first-order valence-electron chi connectivity index (χ1n) is 16.0. The van der Waals surface area contributed by atoms with Crippen LogP contribution in [0.15, 0.2) is 91.0 Å². The predicted molar refractivity (Wildman–Crippen MR) is 172 cm³/mol. The van der Waals surface area contributed by atoms with Crippen LogP contribution in [0.5, 0.6) is 0 Å². The van der Waals surface area contributed by atoms with E-state index in [0.717, 1.165) is 16.7 Å². The molecule has 3 aromatic carbocycles. The average Bonchev–Trinajstić information content (AvgIpc) is 3.25. The predicted octanol–water partition coefficient (Wildman–Crippen LogP) is 3.04. The van der Waals surface area contributed by atoms with E-state index in [1.54, 1.807) is 0 Å². The third-order valence-corrected chi connectivity index (χ3v) is 9.34. The van der Waals surface area contributed by atoms with E-state index in [-0.39, 0.29) is 46.1 Å². The summed E-state index contributed by atoms with van der Waals surface area (Å²) in [5.41, 5.74) is 2.61. The van der Waals surface area contributed by atoms with Crippen molar-refractivity contribution >= 4 is 10.4 Å². The van der Waals surface area contributed by atoms with Crippen LogP contribution in [-0.4, -0.2) is 91.0 Å². The van der Waals surface area contributed by atoms with Crippen LogP contribution in [0.2, 0.25) is 0 Å². The van der Waals surface area contributed by atoms with Crippen molar-refractivity contribution in [3.05, 3.63) is 108 Å². The van der Waals surface area contributed by atoms with Gasteiger partial charge in [-0.1, -0.05) is 91.0 Å². The van der Waals surface area contributed by atoms with Crippen molar-refractivity contribution in [3.8, 4) is 0 Å². The Labute approximate surface area is 281 Å². The third-order valence-electron chi connectivity index (χ3n) is 8.87. The van der Waals surface area contributed by atoms with Crippen LogP contribution < -0.4 is 0 Å². The van der Waals surface area contributed by atoms with Crippen molar-refractivity contribution in [2.24, 2.45) is 11.8 Å². The van der Waals surface area contributed by atoms with Gasteiger partial charge in [0.1, 0.15) is 31.2 Å². The second kappa shape index (κ2) is 17.7. The summed E-state index contributed by atoms with van der Waals surface area (Å²) < 4.78 is 71.3. The van der Waals surface area contributed by atoms with Crippen molar-refractivity contribution in [1.29, 1.82) is 0 Å². The smallest absolute Gasteiger partial charge is 0.396 e. The first-order valence-corrected chi connectivity index (χ1v) is 17.4. The Hall–Kier alpha value is -2.79. The van der Waals surface area contributed by atoms with Gasteiger partial charge in [0.15, 0.2) is 0 Å². The van der Waals surface area contributed by atoms with Crippen molar-refractivity contribution in [2.45, 2.75) is 75.4 Å². The first-order chi connectivity index (χ1) is 23.2. The molecule has 9 atom stereocenters. The number of hydrogen-bond acceptors (Lipinski definition) is 11. The summed E-state index contributed by atoms with van der Waals surface area (Å²) in [7, 11) is -5.06. The third kappa shape index (κ3) is 10.4. The highest BCUT2D eigenvalue weighted by atomic mass is 32.3. The van der Waals surface area contributed by atoms with E-state index in [0.29, 0.717) is 0 Å². The van der Waals surface area contributed by atoms with Crippen molar-refractivity contribution in [1.82, 2.24) is 0 Å². The largest absolute Gasteiger partial charge is 0.397 e. The molecule has 0 bridgehead atoms. The van der Waals surface area contributed by atoms with Gasteiger partial charge in [-0.05, 0) is 35.4 Å². The Morgan fingerprint density at radius 2 is 1.38 bits per heavy atom. The van der Waals surface area contributed by atoms with Crippen molar-refractivity contribution in [3.63, 3.8) is 0 Å². The zero-order chi connectivity index (χ0) is 33.9. The lowest BCUT2D eigenvalue weighted by Crippen LogP contribution is -2.53. The van der Waals surface area contributed by atoms with E-state index < -0.39 is 71.6 Å². The number of hydrogen-bond donors (Lipinski definition) is 4. The molecule has 1 heterocycles. The fourth-order valence-electron chi connectivity index (χ4n) is 6.43. The monoisotopic (exact) mass is 688 g/mol. The van der Waals surface area contributed by atoms with E-state index >= 15 is 0 Å². The van der Waals surface area contributed by atoms with Gasteiger partial charge >= 0.3 is 10.4 Å². The Balaban J connectivity index is 1.46. The topological polar surface area (TPSA) is 170 Å². The highest BCUT2D eigenvalue weighted by Gasteiger charge is 2.49. The Morgan fingerprint density at radius 1 is 0.792 bits per heavy atom. The van der Waals surface area contributed by atoms with Crippen molar-refractivity contribution in [2.75, 3.05) is 20.0 Å². The number of rotatable bonds is 16. The molecule has 0 radical (unpaired) electrons. The van der Waals surface area contributed by atoms with Crippen LogP contribution in [-0.2, 0) is 58.1 Å². The Morgan fingerprint density at radius 3 is 1.96 bits per heavy atom. The standard InChI is InChI=1S/C35H44O12S/c36-18-28-27(16-29(37)32(28)38)17-30-34(47-48(39,40)41)35(44-21-26-14-8-3-9-15-26)33(46-23-45-30)31(43-20-25-12-6-2-7-13-25)22-42-19-24-10-4-1-5-11-24/h1-15,27-38H,16-23H2,(H,39,40,41)/t27?,28-,29+,30+,31+,32+,33+,34+,35+/m0/s1. The zero-order valence-corrected chi connectivity index (χ0v) is 27.3. The van der Waals surface area contributed by atoms with Crippen LogP contribution in [0.3, 0.4) is 0 Å². The summed E-state index contributed by atoms with van der Waals surface area (Å²) in [5, 5.41) is 30.8. The molecule has 13 heteroatoms. The van der Waals surface area contributed by atoms with Gasteiger partial charge in [-0.2, -0.15) is 8.42 Å². The second-order valence-electron chi connectivity index (χ2n) is 12.2. The van der Waals surface area contributed by atoms with E-state index in [1.165, 1.54) is 0 Å². The number of ether oxygens (including phenoxy) is 5. The molecule has 1 aliphatic heterocycles. The highest BCUT2D eigenvalue weighted by molar-refractivity contribution is 7.80. The molecular weight excluding hydrogens is 644 g/mol. The van der Waals surface area contributed by atoms with E-state index in [9.17, 15) is 28.3 Å². The summed E-state index contributed by atoms with van der Waals surface area (Å²) in [6.45, 7) is -0.227. The quantitative estimate of drug-likeness (QED) is 0.163. The maximum Gasteiger partial charge on any atom is 0.397 e. The van der Waals surface area contributed by atoms with Gasteiger partial charge in [0.2, 0.25) is 0 Å². The van der Waals surface area contributed by atoms with Crippen LogP contribution in [0.4, 0.5) is 0 Å². The Bertz CT molecular complexity index is 1460. The number of benzene rings is 3. The molecule has 5 rings (SSSR count). The molecule has 0 spiro atoms. The molecule has 262 valence electrons. The highest BCUT2D eigenvalue weighted by Crippen LogP contribution is 2.39. The van der Waals surface area contributed by atoms with Gasteiger partial charge in [0, 0.05) is 12.5 Å². The summed E-state index contributed by atoms with van der Waals surface area (Å²) in [5.74, 6) is -1.16. The van der Waals surface area contributed by atoms with Crippen LogP contribution in [0, 0.1) is 11.8 Å². The maximum absolute atomic E-state index is 12.4. The molecule has 1 unspecified atom stereocenters. The fourth-order valence-corrected chi connectivity index (χ4v) is 6.94. The molecule has 0 aromatic heterocycles. The summed E-state index contributed by atoms with van der Waals surface area (Å²) in [6.07, 6.45) is -7.60. The SMILES string of the molecule is O=S(=O)(O)O[C@H]1[C@H](OCc2ccccc2)[C@@H]([C@@H](COCc2ccccc2)OCc2ccccc2)OCO[C@@H]1CC1C[C@@H](O)[C@H](O)[C@H]1CO. The van der Waals surface area contributed by atoms with Gasteiger partial charge in [-0.25, -0.2) is 4.18 Å². The summed E-state index contributed by atoms with van der Waals surface area (Å²) in [4.78, 5) is 0. The average molecular weight is 689 g/mol. The fraction of sp³-hybridized carbons (Fsp3) is 0.486. The molecule has 2 aliphatic rings. The lowest BCUT2D eigenvalue weighted by molar-refractivity contribution is -0.184. The molecule has 48 heavy (non-hydrogen) atoms. The van der Waals surface area contributed by atoms with Crippen LogP contribution in [0.1, 0.15) is 29.5 Å². The van der Waals surface area contributed by atoms with Gasteiger partial charge in [-0.15, -0.1) is 0 Å².